The monoisotopic (exact) mass is 300 g/mol. The topological polar surface area (TPSA) is 29.3 Å². The van der Waals surface area contributed by atoms with Crippen molar-refractivity contribution in [3.05, 3.63) is 58.6 Å². The van der Waals surface area contributed by atoms with Crippen LogP contribution in [0.4, 0.5) is 11.4 Å². The van der Waals surface area contributed by atoms with Gasteiger partial charge in [-0.05, 0) is 56.0 Å². The van der Waals surface area contributed by atoms with E-state index in [0.29, 0.717) is 6.04 Å². The van der Waals surface area contributed by atoms with Crippen molar-refractivity contribution in [1.29, 1.82) is 0 Å². The molecule has 0 saturated carbocycles. The Morgan fingerprint density at radius 3 is 2.67 bits per heavy atom. The number of anilines is 2. The maximum atomic E-state index is 6.54. The van der Waals surface area contributed by atoms with Crippen LogP contribution in [0.2, 0.25) is 5.02 Å². The van der Waals surface area contributed by atoms with Crippen LogP contribution < -0.4 is 10.6 Å². The van der Waals surface area contributed by atoms with Crippen molar-refractivity contribution in [2.45, 2.75) is 38.8 Å². The first kappa shape index (κ1) is 14.4. The van der Waals surface area contributed by atoms with Crippen molar-refractivity contribution < 1.29 is 0 Å². The van der Waals surface area contributed by atoms with E-state index < -0.39 is 0 Å². The lowest BCUT2D eigenvalue weighted by Gasteiger charge is -2.37. The van der Waals surface area contributed by atoms with E-state index in [-0.39, 0.29) is 6.04 Å². The summed E-state index contributed by atoms with van der Waals surface area (Å²) >= 11 is 6.54. The SMILES string of the molecule is CC(N)c1ccc(N2c3ccccc3CCC2C)c(Cl)c1. The molecule has 3 heteroatoms. The largest absolute Gasteiger partial charge is 0.337 e. The molecule has 2 atom stereocenters. The van der Waals surface area contributed by atoms with E-state index >= 15 is 0 Å². The molecule has 0 radical (unpaired) electrons. The van der Waals surface area contributed by atoms with Gasteiger partial charge in [0.2, 0.25) is 0 Å². The Labute approximate surface area is 131 Å². The predicted octanol–water partition coefficient (Wildman–Crippen LogP) is 4.83. The van der Waals surface area contributed by atoms with Crippen LogP contribution >= 0.6 is 11.6 Å². The minimum absolute atomic E-state index is 0.00242. The zero-order valence-corrected chi connectivity index (χ0v) is 13.3. The second-order valence-electron chi connectivity index (χ2n) is 5.89. The number of hydrogen-bond donors (Lipinski definition) is 1. The van der Waals surface area contributed by atoms with E-state index in [9.17, 15) is 0 Å². The van der Waals surface area contributed by atoms with E-state index in [0.717, 1.165) is 29.1 Å². The van der Waals surface area contributed by atoms with E-state index in [1.54, 1.807) is 0 Å². The molecule has 2 nitrogen and oxygen atoms in total. The van der Waals surface area contributed by atoms with Crippen LogP contribution in [-0.4, -0.2) is 6.04 Å². The first-order valence-corrected chi connectivity index (χ1v) is 7.88. The third kappa shape index (κ3) is 2.66. The van der Waals surface area contributed by atoms with Gasteiger partial charge < -0.3 is 10.6 Å². The Morgan fingerprint density at radius 1 is 1.19 bits per heavy atom. The third-order valence-electron chi connectivity index (χ3n) is 4.28. The van der Waals surface area contributed by atoms with E-state index in [1.165, 1.54) is 11.3 Å². The number of halogens is 1. The van der Waals surface area contributed by atoms with Crippen LogP contribution in [-0.2, 0) is 6.42 Å². The van der Waals surface area contributed by atoms with Crippen molar-refractivity contribution in [2.24, 2.45) is 5.73 Å². The Kier molecular flexibility index (Phi) is 3.92. The van der Waals surface area contributed by atoms with Gasteiger partial charge in [0.1, 0.15) is 0 Å². The summed E-state index contributed by atoms with van der Waals surface area (Å²) in [6.45, 7) is 4.23. The first-order chi connectivity index (χ1) is 10.1. The Bertz CT molecular complexity index is 651. The summed E-state index contributed by atoms with van der Waals surface area (Å²) in [5.41, 5.74) is 10.7. The van der Waals surface area contributed by atoms with Gasteiger partial charge in [-0.3, -0.25) is 0 Å². The van der Waals surface area contributed by atoms with Crippen molar-refractivity contribution in [3.8, 4) is 0 Å². The normalized spacial score (nSPS) is 19.2. The van der Waals surface area contributed by atoms with Gasteiger partial charge in [-0.1, -0.05) is 35.9 Å². The number of para-hydroxylation sites is 1. The van der Waals surface area contributed by atoms with Crippen LogP contribution in [0.25, 0.3) is 0 Å². The maximum Gasteiger partial charge on any atom is 0.0646 e. The van der Waals surface area contributed by atoms with Gasteiger partial charge in [-0.2, -0.15) is 0 Å². The molecule has 0 aromatic heterocycles. The van der Waals surface area contributed by atoms with Gasteiger partial charge in [-0.25, -0.2) is 0 Å². The molecule has 0 fully saturated rings. The highest BCUT2D eigenvalue weighted by Crippen LogP contribution is 2.40. The van der Waals surface area contributed by atoms with Gasteiger partial charge in [0.25, 0.3) is 0 Å². The molecular formula is C18H21ClN2. The molecule has 1 heterocycles. The summed E-state index contributed by atoms with van der Waals surface area (Å²) < 4.78 is 0. The summed E-state index contributed by atoms with van der Waals surface area (Å²) in [6, 6.07) is 15.2. The molecule has 21 heavy (non-hydrogen) atoms. The minimum Gasteiger partial charge on any atom is -0.337 e. The molecule has 2 N–H and O–H groups in total. The summed E-state index contributed by atoms with van der Waals surface area (Å²) in [7, 11) is 0. The van der Waals surface area contributed by atoms with E-state index in [4.69, 9.17) is 17.3 Å². The Morgan fingerprint density at radius 2 is 1.95 bits per heavy atom. The van der Waals surface area contributed by atoms with Crippen LogP contribution in [0.1, 0.15) is 37.4 Å². The maximum absolute atomic E-state index is 6.54. The summed E-state index contributed by atoms with van der Waals surface area (Å²) in [4.78, 5) is 2.35. The Hall–Kier alpha value is -1.51. The van der Waals surface area contributed by atoms with E-state index in [2.05, 4.69) is 48.2 Å². The summed E-state index contributed by atoms with van der Waals surface area (Å²) in [5, 5.41) is 0.772. The molecule has 110 valence electrons. The molecule has 2 aromatic rings. The highest BCUT2D eigenvalue weighted by molar-refractivity contribution is 6.33. The average molecular weight is 301 g/mol. The van der Waals surface area contributed by atoms with Crippen LogP contribution in [0.15, 0.2) is 42.5 Å². The number of fused-ring (bicyclic) bond motifs is 1. The smallest absolute Gasteiger partial charge is 0.0646 e. The van der Waals surface area contributed by atoms with Crippen LogP contribution in [0.3, 0.4) is 0 Å². The quantitative estimate of drug-likeness (QED) is 0.860. The zero-order chi connectivity index (χ0) is 15.0. The number of rotatable bonds is 2. The minimum atomic E-state index is 0.00242. The Balaban J connectivity index is 2.07. The van der Waals surface area contributed by atoms with Gasteiger partial charge in [0.05, 0.1) is 10.7 Å². The van der Waals surface area contributed by atoms with Crippen LogP contribution in [0, 0.1) is 0 Å². The second-order valence-corrected chi connectivity index (χ2v) is 6.29. The van der Waals surface area contributed by atoms with Crippen molar-refractivity contribution >= 4 is 23.0 Å². The molecule has 1 aliphatic rings. The molecule has 0 saturated heterocycles. The molecule has 0 bridgehead atoms. The standard InChI is InChI=1S/C18H21ClN2/c1-12-7-8-14-5-3-4-6-17(14)21(12)18-10-9-15(13(2)20)11-16(18)19/h3-6,9-13H,7-8,20H2,1-2H3. The highest BCUT2D eigenvalue weighted by atomic mass is 35.5. The fourth-order valence-corrected chi connectivity index (χ4v) is 3.34. The van der Waals surface area contributed by atoms with Gasteiger partial charge in [-0.15, -0.1) is 0 Å². The number of nitrogens with zero attached hydrogens (tertiary/aromatic N) is 1. The molecular weight excluding hydrogens is 280 g/mol. The molecule has 2 aromatic carbocycles. The van der Waals surface area contributed by atoms with Crippen LogP contribution in [0.5, 0.6) is 0 Å². The number of aryl methyl sites for hydroxylation is 1. The van der Waals surface area contributed by atoms with Crippen molar-refractivity contribution in [3.63, 3.8) is 0 Å². The fraction of sp³-hybridized carbons (Fsp3) is 0.333. The fourth-order valence-electron chi connectivity index (χ4n) is 3.06. The number of nitrogens with two attached hydrogens (primary N) is 1. The van der Waals surface area contributed by atoms with Gasteiger partial charge in [0.15, 0.2) is 0 Å². The molecule has 0 spiro atoms. The third-order valence-corrected chi connectivity index (χ3v) is 4.58. The first-order valence-electron chi connectivity index (χ1n) is 7.50. The second kappa shape index (κ2) is 5.70. The summed E-state index contributed by atoms with van der Waals surface area (Å²) in [6.07, 6.45) is 2.27. The summed E-state index contributed by atoms with van der Waals surface area (Å²) in [5.74, 6) is 0. The van der Waals surface area contributed by atoms with Crippen molar-refractivity contribution in [1.82, 2.24) is 0 Å². The average Bonchev–Trinajstić information content (AvgIpc) is 2.48. The van der Waals surface area contributed by atoms with Gasteiger partial charge in [0, 0.05) is 17.8 Å². The lowest BCUT2D eigenvalue weighted by atomic mass is 9.95. The highest BCUT2D eigenvalue weighted by Gasteiger charge is 2.25. The van der Waals surface area contributed by atoms with Crippen molar-refractivity contribution in [2.75, 3.05) is 4.90 Å². The molecule has 3 rings (SSSR count). The lowest BCUT2D eigenvalue weighted by molar-refractivity contribution is 0.618. The predicted molar refractivity (Wildman–Crippen MR) is 90.4 cm³/mol. The number of hydrogen-bond acceptors (Lipinski definition) is 2. The number of benzene rings is 2. The van der Waals surface area contributed by atoms with Gasteiger partial charge >= 0.3 is 0 Å². The zero-order valence-electron chi connectivity index (χ0n) is 12.5. The van der Waals surface area contributed by atoms with E-state index in [1.807, 2.05) is 13.0 Å². The molecule has 0 aliphatic carbocycles. The molecule has 0 amide bonds. The molecule has 1 aliphatic heterocycles. The lowest BCUT2D eigenvalue weighted by Crippen LogP contribution is -2.33. The molecule has 2 unspecified atom stereocenters.